The maximum atomic E-state index is 9.10. The molecular formula is C22H39NO3. The molecule has 0 spiro atoms. The molecule has 0 unspecified atom stereocenters. The van der Waals surface area contributed by atoms with Gasteiger partial charge in [0.25, 0.3) is 0 Å². The second-order valence-electron chi connectivity index (χ2n) is 6.96. The van der Waals surface area contributed by atoms with Gasteiger partial charge in [-0.05, 0) is 30.7 Å². The fraction of sp³-hybridized carbons (Fsp3) is 0.727. The molecule has 0 saturated heterocycles. The Labute approximate surface area is 160 Å². The first-order valence-corrected chi connectivity index (χ1v) is 10.5. The van der Waals surface area contributed by atoms with Gasteiger partial charge in [0.1, 0.15) is 5.75 Å². The number of hydrogen-bond donors (Lipinski definition) is 2. The van der Waals surface area contributed by atoms with Crippen LogP contribution in [-0.2, 0) is 0 Å². The van der Waals surface area contributed by atoms with Gasteiger partial charge in [-0.2, -0.15) is 0 Å². The third-order valence-electron chi connectivity index (χ3n) is 4.71. The van der Waals surface area contributed by atoms with E-state index in [1.807, 2.05) is 29.2 Å². The lowest BCUT2D eigenvalue weighted by atomic mass is 10.1. The first-order chi connectivity index (χ1) is 12.8. The number of hydrogen-bond acceptors (Lipinski definition) is 4. The monoisotopic (exact) mass is 365 g/mol. The molecule has 0 aliphatic heterocycles. The molecule has 0 aromatic heterocycles. The smallest absolute Gasteiger partial charge is 0.119 e. The average Bonchev–Trinajstić information content (AvgIpc) is 2.66. The summed E-state index contributed by atoms with van der Waals surface area (Å²) in [7, 11) is 0. The number of nitrogens with zero attached hydrogens (tertiary/aromatic N) is 1. The second-order valence-corrected chi connectivity index (χ2v) is 6.96. The van der Waals surface area contributed by atoms with Crippen molar-refractivity contribution < 1.29 is 14.9 Å². The molecule has 0 heterocycles. The van der Waals surface area contributed by atoms with E-state index in [0.717, 1.165) is 24.5 Å². The maximum Gasteiger partial charge on any atom is 0.119 e. The lowest BCUT2D eigenvalue weighted by Gasteiger charge is -2.23. The molecule has 150 valence electrons. The molecule has 4 nitrogen and oxygen atoms in total. The summed E-state index contributed by atoms with van der Waals surface area (Å²) in [6.45, 7) is 4.25. The van der Waals surface area contributed by atoms with Gasteiger partial charge in [0.15, 0.2) is 0 Å². The van der Waals surface area contributed by atoms with Crippen LogP contribution >= 0.6 is 0 Å². The number of ether oxygens (including phenoxy) is 1. The number of rotatable bonds is 17. The van der Waals surface area contributed by atoms with Crippen molar-refractivity contribution in [2.24, 2.45) is 0 Å². The SMILES string of the molecule is CCCCCCCCCCCCOc1ccc(N(CCO)CCO)cc1. The minimum atomic E-state index is 0.0803. The third kappa shape index (κ3) is 10.7. The zero-order valence-corrected chi connectivity index (χ0v) is 16.7. The van der Waals surface area contributed by atoms with Gasteiger partial charge in [-0.15, -0.1) is 0 Å². The van der Waals surface area contributed by atoms with Crippen molar-refractivity contribution in [1.29, 1.82) is 0 Å². The summed E-state index contributed by atoms with van der Waals surface area (Å²) >= 11 is 0. The predicted molar refractivity (Wildman–Crippen MR) is 110 cm³/mol. The van der Waals surface area contributed by atoms with E-state index in [-0.39, 0.29) is 13.2 Å². The Bertz CT molecular complexity index is 416. The average molecular weight is 366 g/mol. The first kappa shape index (κ1) is 22.8. The normalized spacial score (nSPS) is 10.9. The van der Waals surface area contributed by atoms with E-state index in [4.69, 9.17) is 14.9 Å². The minimum Gasteiger partial charge on any atom is -0.494 e. The first-order valence-electron chi connectivity index (χ1n) is 10.5. The van der Waals surface area contributed by atoms with E-state index in [0.29, 0.717) is 13.1 Å². The van der Waals surface area contributed by atoms with Gasteiger partial charge in [-0.3, -0.25) is 0 Å². The van der Waals surface area contributed by atoms with E-state index < -0.39 is 0 Å². The van der Waals surface area contributed by atoms with E-state index in [1.54, 1.807) is 0 Å². The van der Waals surface area contributed by atoms with Gasteiger partial charge in [0.05, 0.1) is 19.8 Å². The molecule has 26 heavy (non-hydrogen) atoms. The molecule has 0 atom stereocenters. The molecular weight excluding hydrogens is 326 g/mol. The molecule has 1 rings (SSSR count). The Morgan fingerprint density at radius 1 is 0.731 bits per heavy atom. The van der Waals surface area contributed by atoms with Crippen LogP contribution in [0.5, 0.6) is 5.75 Å². The molecule has 0 aliphatic rings. The standard InChI is InChI=1S/C22H39NO3/c1-2-3-4-5-6-7-8-9-10-11-20-26-22-14-12-21(13-15-22)23(16-18-24)17-19-25/h12-15,24-25H,2-11,16-20H2,1H3. The number of benzene rings is 1. The van der Waals surface area contributed by atoms with Gasteiger partial charge in [-0.25, -0.2) is 0 Å². The van der Waals surface area contributed by atoms with Crippen LogP contribution < -0.4 is 9.64 Å². The zero-order valence-electron chi connectivity index (χ0n) is 16.7. The Morgan fingerprint density at radius 2 is 1.23 bits per heavy atom. The summed E-state index contributed by atoms with van der Waals surface area (Å²) in [6.07, 6.45) is 13.3. The van der Waals surface area contributed by atoms with Gasteiger partial charge in [0.2, 0.25) is 0 Å². The van der Waals surface area contributed by atoms with Crippen LogP contribution in [0.1, 0.15) is 71.1 Å². The van der Waals surface area contributed by atoms with Gasteiger partial charge in [0, 0.05) is 18.8 Å². The molecule has 1 aromatic rings. The Hall–Kier alpha value is -1.26. The van der Waals surface area contributed by atoms with E-state index in [2.05, 4.69) is 6.92 Å². The van der Waals surface area contributed by atoms with Crippen LogP contribution in [-0.4, -0.2) is 43.1 Å². The Kier molecular flexibility index (Phi) is 14.0. The topological polar surface area (TPSA) is 52.9 Å². The van der Waals surface area contributed by atoms with Crippen LogP contribution in [0.2, 0.25) is 0 Å². The molecule has 1 aromatic carbocycles. The summed E-state index contributed by atoms with van der Waals surface area (Å²) in [6, 6.07) is 7.90. The van der Waals surface area contributed by atoms with Crippen molar-refractivity contribution in [2.75, 3.05) is 37.8 Å². The molecule has 0 saturated carbocycles. The fourth-order valence-corrected chi connectivity index (χ4v) is 3.14. The van der Waals surface area contributed by atoms with E-state index in [9.17, 15) is 0 Å². The quantitative estimate of drug-likeness (QED) is 0.390. The minimum absolute atomic E-state index is 0.0803. The summed E-state index contributed by atoms with van der Waals surface area (Å²) in [5.41, 5.74) is 0.999. The van der Waals surface area contributed by atoms with Crippen LogP contribution in [0.25, 0.3) is 0 Å². The Balaban J connectivity index is 2.09. The van der Waals surface area contributed by atoms with Crippen molar-refractivity contribution in [3.63, 3.8) is 0 Å². The summed E-state index contributed by atoms with van der Waals surface area (Å²) in [5.74, 6) is 0.887. The molecule has 0 radical (unpaired) electrons. The predicted octanol–water partition coefficient (Wildman–Crippen LogP) is 4.78. The molecule has 2 N–H and O–H groups in total. The largest absolute Gasteiger partial charge is 0.494 e. The van der Waals surface area contributed by atoms with Crippen LogP contribution in [0.3, 0.4) is 0 Å². The number of anilines is 1. The van der Waals surface area contributed by atoms with E-state index >= 15 is 0 Å². The van der Waals surface area contributed by atoms with Gasteiger partial charge < -0.3 is 19.8 Å². The van der Waals surface area contributed by atoms with Crippen LogP contribution in [0, 0.1) is 0 Å². The fourth-order valence-electron chi connectivity index (χ4n) is 3.14. The van der Waals surface area contributed by atoms with E-state index in [1.165, 1.54) is 57.8 Å². The van der Waals surface area contributed by atoms with Crippen molar-refractivity contribution in [3.05, 3.63) is 24.3 Å². The summed E-state index contributed by atoms with van der Waals surface area (Å²) in [4.78, 5) is 1.96. The highest BCUT2D eigenvalue weighted by Crippen LogP contribution is 2.19. The third-order valence-corrected chi connectivity index (χ3v) is 4.71. The summed E-state index contributed by atoms with van der Waals surface area (Å²) in [5, 5.41) is 18.2. The maximum absolute atomic E-state index is 9.10. The van der Waals surface area contributed by atoms with Crippen molar-refractivity contribution >= 4 is 5.69 Å². The van der Waals surface area contributed by atoms with Gasteiger partial charge in [-0.1, -0.05) is 64.7 Å². The molecule has 0 amide bonds. The second kappa shape index (κ2) is 16.0. The highest BCUT2D eigenvalue weighted by atomic mass is 16.5. The highest BCUT2D eigenvalue weighted by Gasteiger charge is 2.05. The number of aliphatic hydroxyl groups excluding tert-OH is 2. The van der Waals surface area contributed by atoms with Gasteiger partial charge >= 0.3 is 0 Å². The van der Waals surface area contributed by atoms with Crippen LogP contribution in [0.4, 0.5) is 5.69 Å². The van der Waals surface area contributed by atoms with Crippen LogP contribution in [0.15, 0.2) is 24.3 Å². The number of unbranched alkanes of at least 4 members (excludes halogenated alkanes) is 9. The van der Waals surface area contributed by atoms with Crippen molar-refractivity contribution in [2.45, 2.75) is 71.1 Å². The highest BCUT2D eigenvalue weighted by molar-refractivity contribution is 5.49. The lowest BCUT2D eigenvalue weighted by molar-refractivity contribution is 0.281. The lowest BCUT2D eigenvalue weighted by Crippen LogP contribution is -2.29. The molecule has 4 heteroatoms. The molecule has 0 fully saturated rings. The molecule has 0 bridgehead atoms. The summed E-state index contributed by atoms with van der Waals surface area (Å²) < 4.78 is 5.82. The zero-order chi connectivity index (χ0) is 18.9. The number of aliphatic hydroxyl groups is 2. The molecule has 0 aliphatic carbocycles. The van der Waals surface area contributed by atoms with Crippen molar-refractivity contribution in [3.8, 4) is 5.75 Å². The van der Waals surface area contributed by atoms with Crippen molar-refractivity contribution in [1.82, 2.24) is 0 Å². The Morgan fingerprint density at radius 3 is 1.73 bits per heavy atom.